The van der Waals surface area contributed by atoms with Crippen LogP contribution in [0.4, 0.5) is 11.4 Å². The highest BCUT2D eigenvalue weighted by Gasteiger charge is 2.39. The lowest BCUT2D eigenvalue weighted by atomic mass is 10.1. The highest BCUT2D eigenvalue weighted by molar-refractivity contribution is 6.53. The summed E-state index contributed by atoms with van der Waals surface area (Å²) in [5.74, 6) is -1.12. The molecule has 6 nitrogen and oxygen atoms in total. The van der Waals surface area contributed by atoms with Gasteiger partial charge in [0.2, 0.25) is 0 Å². The predicted octanol–water partition coefficient (Wildman–Crippen LogP) is 5.58. The fourth-order valence-electron chi connectivity index (χ4n) is 3.60. The molecule has 34 heavy (non-hydrogen) atoms. The number of esters is 1. The Hall–Kier alpha value is -3.90. The van der Waals surface area contributed by atoms with Gasteiger partial charge in [-0.05, 0) is 86.3 Å². The number of imide groups is 1. The van der Waals surface area contributed by atoms with Crippen LogP contribution in [0.25, 0.3) is 0 Å². The predicted molar refractivity (Wildman–Crippen MR) is 132 cm³/mol. The number of hydrogen-bond acceptors (Lipinski definition) is 5. The van der Waals surface area contributed by atoms with E-state index in [1.807, 2.05) is 58.0 Å². The van der Waals surface area contributed by atoms with E-state index in [1.165, 1.54) is 0 Å². The number of carbonyl (C=O) groups excluding carboxylic acids is 3. The molecule has 0 fully saturated rings. The van der Waals surface area contributed by atoms with Gasteiger partial charge < -0.3 is 10.1 Å². The van der Waals surface area contributed by atoms with Crippen LogP contribution in [0.2, 0.25) is 0 Å². The van der Waals surface area contributed by atoms with Crippen molar-refractivity contribution in [2.75, 3.05) is 10.2 Å². The maximum absolute atomic E-state index is 13.1. The summed E-state index contributed by atoms with van der Waals surface area (Å²) < 4.78 is 5.52. The van der Waals surface area contributed by atoms with E-state index in [0.29, 0.717) is 22.7 Å². The lowest BCUT2D eigenvalue weighted by molar-refractivity contribution is -0.120. The Balaban J connectivity index is 1.51. The standard InChI is InChI=1S/C27H23ClN2O4/c1-15-5-7-17(3)21(13-15)30-25(31)23(28)24(26(30)32)29-20-11-9-19(10-12-20)27(33)34-22-14-16(2)6-8-18(22)4/h5-14,29H,1-4H3. The van der Waals surface area contributed by atoms with E-state index in [2.05, 4.69) is 5.32 Å². The number of ether oxygens (including phenoxy) is 1. The molecule has 0 saturated carbocycles. The Morgan fingerprint density at radius 2 is 1.44 bits per heavy atom. The summed E-state index contributed by atoms with van der Waals surface area (Å²) >= 11 is 6.24. The van der Waals surface area contributed by atoms with Crippen molar-refractivity contribution < 1.29 is 19.1 Å². The van der Waals surface area contributed by atoms with Crippen LogP contribution >= 0.6 is 11.6 Å². The van der Waals surface area contributed by atoms with Crippen LogP contribution < -0.4 is 15.0 Å². The highest BCUT2D eigenvalue weighted by Crippen LogP contribution is 2.32. The minimum atomic E-state index is -0.586. The van der Waals surface area contributed by atoms with E-state index in [9.17, 15) is 14.4 Å². The van der Waals surface area contributed by atoms with Crippen molar-refractivity contribution in [3.63, 3.8) is 0 Å². The second-order valence-electron chi connectivity index (χ2n) is 8.29. The normalized spacial score (nSPS) is 13.5. The summed E-state index contributed by atoms with van der Waals surface area (Å²) in [6.07, 6.45) is 0. The molecule has 0 aromatic heterocycles. The minimum absolute atomic E-state index is 0.0155. The lowest BCUT2D eigenvalue weighted by Crippen LogP contribution is -2.32. The first-order valence-electron chi connectivity index (χ1n) is 10.7. The molecule has 0 atom stereocenters. The molecule has 1 heterocycles. The summed E-state index contributed by atoms with van der Waals surface area (Å²) in [5, 5.41) is 2.73. The molecule has 3 aromatic rings. The highest BCUT2D eigenvalue weighted by atomic mass is 35.5. The fraction of sp³-hybridized carbons (Fsp3) is 0.148. The SMILES string of the molecule is Cc1ccc(C)c(OC(=O)c2ccc(NC3=C(Cl)C(=O)N(c4cc(C)ccc4C)C3=O)cc2)c1. The van der Waals surface area contributed by atoms with Crippen molar-refractivity contribution >= 4 is 40.8 Å². The number of nitrogens with one attached hydrogen (secondary N) is 1. The van der Waals surface area contributed by atoms with Gasteiger partial charge in [-0.25, -0.2) is 9.69 Å². The van der Waals surface area contributed by atoms with Gasteiger partial charge in [-0.1, -0.05) is 35.9 Å². The third-order valence-corrected chi connectivity index (χ3v) is 5.92. The van der Waals surface area contributed by atoms with Gasteiger partial charge >= 0.3 is 5.97 Å². The summed E-state index contributed by atoms with van der Waals surface area (Å²) in [7, 11) is 0. The Morgan fingerprint density at radius 3 is 2.12 bits per heavy atom. The van der Waals surface area contributed by atoms with Gasteiger partial charge in [-0.2, -0.15) is 0 Å². The molecule has 4 rings (SSSR count). The molecule has 1 aliphatic rings. The topological polar surface area (TPSA) is 75.7 Å². The van der Waals surface area contributed by atoms with Gasteiger partial charge in [-0.3, -0.25) is 9.59 Å². The first kappa shape index (κ1) is 23.3. The molecule has 0 unspecified atom stereocenters. The van der Waals surface area contributed by atoms with Crippen LogP contribution in [0.1, 0.15) is 32.6 Å². The van der Waals surface area contributed by atoms with Gasteiger partial charge in [0.05, 0.1) is 11.3 Å². The molecular weight excluding hydrogens is 452 g/mol. The number of hydrogen-bond donors (Lipinski definition) is 1. The summed E-state index contributed by atoms with van der Waals surface area (Å²) in [4.78, 5) is 39.5. The number of carbonyl (C=O) groups is 3. The average molecular weight is 475 g/mol. The molecule has 172 valence electrons. The summed E-state index contributed by atoms with van der Waals surface area (Å²) in [6, 6.07) is 17.6. The zero-order valence-corrected chi connectivity index (χ0v) is 20.0. The molecule has 0 aliphatic carbocycles. The van der Waals surface area contributed by atoms with Crippen LogP contribution in [0.3, 0.4) is 0 Å². The van der Waals surface area contributed by atoms with Crippen molar-refractivity contribution in [2.45, 2.75) is 27.7 Å². The molecule has 1 aliphatic heterocycles. The smallest absolute Gasteiger partial charge is 0.343 e. The largest absolute Gasteiger partial charge is 0.423 e. The van der Waals surface area contributed by atoms with E-state index in [4.69, 9.17) is 16.3 Å². The Morgan fingerprint density at radius 1 is 0.824 bits per heavy atom. The van der Waals surface area contributed by atoms with Gasteiger partial charge in [-0.15, -0.1) is 0 Å². The zero-order chi connectivity index (χ0) is 24.6. The maximum atomic E-state index is 13.1. The minimum Gasteiger partial charge on any atom is -0.423 e. The molecular formula is C27H23ClN2O4. The zero-order valence-electron chi connectivity index (χ0n) is 19.2. The number of halogens is 1. The first-order chi connectivity index (χ1) is 16.2. The van der Waals surface area contributed by atoms with Crippen LogP contribution in [0.5, 0.6) is 5.75 Å². The quantitative estimate of drug-likeness (QED) is 0.297. The maximum Gasteiger partial charge on any atom is 0.343 e. The van der Waals surface area contributed by atoms with Crippen molar-refractivity contribution in [1.82, 2.24) is 0 Å². The lowest BCUT2D eigenvalue weighted by Gasteiger charge is -2.18. The Labute approximate surface area is 202 Å². The molecule has 0 spiro atoms. The van der Waals surface area contributed by atoms with Crippen molar-refractivity contribution in [1.29, 1.82) is 0 Å². The molecule has 0 bridgehead atoms. The number of aryl methyl sites for hydroxylation is 4. The van der Waals surface area contributed by atoms with Gasteiger partial charge in [0.15, 0.2) is 0 Å². The summed E-state index contributed by atoms with van der Waals surface area (Å²) in [6.45, 7) is 7.50. The second-order valence-corrected chi connectivity index (χ2v) is 8.66. The Bertz CT molecular complexity index is 1360. The van der Waals surface area contributed by atoms with Crippen LogP contribution in [-0.4, -0.2) is 17.8 Å². The fourth-order valence-corrected chi connectivity index (χ4v) is 3.81. The van der Waals surface area contributed by atoms with Gasteiger partial charge in [0.25, 0.3) is 11.8 Å². The third kappa shape index (κ3) is 4.45. The third-order valence-electron chi connectivity index (χ3n) is 5.57. The van der Waals surface area contributed by atoms with Gasteiger partial charge in [0, 0.05) is 5.69 Å². The molecule has 3 aromatic carbocycles. The van der Waals surface area contributed by atoms with Crippen LogP contribution in [0.15, 0.2) is 71.4 Å². The van der Waals surface area contributed by atoms with E-state index in [0.717, 1.165) is 27.2 Å². The monoisotopic (exact) mass is 474 g/mol. The number of amides is 2. The van der Waals surface area contributed by atoms with Crippen LogP contribution in [0, 0.1) is 27.7 Å². The molecule has 0 radical (unpaired) electrons. The number of benzene rings is 3. The first-order valence-corrected chi connectivity index (χ1v) is 11.1. The molecule has 2 amide bonds. The van der Waals surface area contributed by atoms with E-state index in [1.54, 1.807) is 30.3 Å². The number of anilines is 2. The summed E-state index contributed by atoms with van der Waals surface area (Å²) in [5.41, 5.74) is 4.87. The number of rotatable bonds is 5. The Kier molecular flexibility index (Phi) is 6.26. The number of nitrogens with zero attached hydrogens (tertiary/aromatic N) is 1. The van der Waals surface area contributed by atoms with Crippen molar-refractivity contribution in [3.05, 3.63) is 99.2 Å². The molecule has 7 heteroatoms. The van der Waals surface area contributed by atoms with Crippen molar-refractivity contribution in [3.8, 4) is 5.75 Å². The van der Waals surface area contributed by atoms with E-state index >= 15 is 0 Å². The average Bonchev–Trinajstić information content (AvgIpc) is 3.01. The van der Waals surface area contributed by atoms with E-state index in [-0.39, 0.29) is 10.7 Å². The van der Waals surface area contributed by atoms with E-state index < -0.39 is 17.8 Å². The second kappa shape index (κ2) is 9.15. The molecule has 1 N–H and O–H groups in total. The van der Waals surface area contributed by atoms with Crippen molar-refractivity contribution in [2.24, 2.45) is 0 Å². The van der Waals surface area contributed by atoms with Gasteiger partial charge in [0.1, 0.15) is 16.5 Å². The molecule has 0 saturated heterocycles. The van der Waals surface area contributed by atoms with Crippen LogP contribution in [-0.2, 0) is 9.59 Å².